The van der Waals surface area contributed by atoms with E-state index in [1.165, 1.54) is 6.42 Å². The van der Waals surface area contributed by atoms with Crippen molar-refractivity contribution in [1.82, 2.24) is 19.7 Å². The van der Waals surface area contributed by atoms with Crippen LogP contribution in [-0.2, 0) is 11.2 Å². The molecule has 2 aliphatic heterocycles. The minimum atomic E-state index is -0.00249. The van der Waals surface area contributed by atoms with Crippen LogP contribution in [0.5, 0.6) is 0 Å². The molecule has 0 radical (unpaired) electrons. The van der Waals surface area contributed by atoms with Gasteiger partial charge in [-0.05, 0) is 43.4 Å². The third-order valence-electron chi connectivity index (χ3n) is 5.18. The van der Waals surface area contributed by atoms with Gasteiger partial charge in [0.05, 0.1) is 6.54 Å². The molecule has 0 atom stereocenters. The number of pyridine rings is 1. The molecule has 0 N–H and O–H groups in total. The fourth-order valence-electron chi connectivity index (χ4n) is 3.52. The lowest BCUT2D eigenvalue weighted by Crippen LogP contribution is -2.52. The standard InChI is InChI=1S/C19H28N4O2/c1-2-16-6-7-20-17(14-16)19(25)23-12-10-21(11-13-23)15-18(24)22-8-4-3-5-9-22/h6-7,14H,2-5,8-13,15H2,1H3. The van der Waals surface area contributed by atoms with E-state index in [1.807, 2.05) is 21.9 Å². The number of piperazine rings is 1. The number of carbonyl (C=O) groups is 2. The highest BCUT2D eigenvalue weighted by atomic mass is 16.2. The molecule has 1 aromatic rings. The zero-order valence-electron chi connectivity index (χ0n) is 15.1. The van der Waals surface area contributed by atoms with E-state index in [0.29, 0.717) is 25.3 Å². The lowest BCUT2D eigenvalue weighted by Gasteiger charge is -2.36. The van der Waals surface area contributed by atoms with Crippen molar-refractivity contribution in [3.63, 3.8) is 0 Å². The van der Waals surface area contributed by atoms with E-state index in [9.17, 15) is 9.59 Å². The minimum Gasteiger partial charge on any atom is -0.342 e. The summed E-state index contributed by atoms with van der Waals surface area (Å²) in [6.07, 6.45) is 6.09. The Kier molecular flexibility index (Phi) is 6.02. The maximum Gasteiger partial charge on any atom is 0.272 e. The summed E-state index contributed by atoms with van der Waals surface area (Å²) in [5, 5.41) is 0. The number of aryl methyl sites for hydroxylation is 1. The van der Waals surface area contributed by atoms with E-state index in [2.05, 4.69) is 16.8 Å². The number of aromatic nitrogens is 1. The van der Waals surface area contributed by atoms with E-state index in [4.69, 9.17) is 0 Å². The van der Waals surface area contributed by atoms with E-state index in [1.54, 1.807) is 6.20 Å². The maximum atomic E-state index is 12.6. The fourth-order valence-corrected chi connectivity index (χ4v) is 3.52. The van der Waals surface area contributed by atoms with Gasteiger partial charge in [-0.15, -0.1) is 0 Å². The molecule has 2 aliphatic rings. The zero-order chi connectivity index (χ0) is 17.6. The number of nitrogens with zero attached hydrogens (tertiary/aromatic N) is 4. The van der Waals surface area contributed by atoms with Gasteiger partial charge in [0.25, 0.3) is 5.91 Å². The van der Waals surface area contributed by atoms with Crippen LogP contribution in [0, 0.1) is 0 Å². The van der Waals surface area contributed by atoms with Gasteiger partial charge >= 0.3 is 0 Å². The molecule has 3 rings (SSSR count). The summed E-state index contributed by atoms with van der Waals surface area (Å²) in [7, 11) is 0. The quantitative estimate of drug-likeness (QED) is 0.829. The molecule has 0 spiro atoms. The van der Waals surface area contributed by atoms with Gasteiger partial charge in [-0.3, -0.25) is 19.5 Å². The first-order valence-corrected chi connectivity index (χ1v) is 9.41. The summed E-state index contributed by atoms with van der Waals surface area (Å²) in [6, 6.07) is 3.83. The number of piperidine rings is 1. The van der Waals surface area contributed by atoms with Gasteiger partial charge in [-0.1, -0.05) is 6.92 Å². The van der Waals surface area contributed by atoms with E-state index in [0.717, 1.165) is 51.0 Å². The number of rotatable bonds is 4. The van der Waals surface area contributed by atoms with Crippen molar-refractivity contribution in [2.75, 3.05) is 45.8 Å². The van der Waals surface area contributed by atoms with E-state index >= 15 is 0 Å². The lowest BCUT2D eigenvalue weighted by molar-refractivity contribution is -0.133. The first kappa shape index (κ1) is 17.9. The predicted molar refractivity (Wildman–Crippen MR) is 96.4 cm³/mol. The van der Waals surface area contributed by atoms with Gasteiger partial charge in [-0.25, -0.2) is 0 Å². The largest absolute Gasteiger partial charge is 0.342 e. The smallest absolute Gasteiger partial charge is 0.272 e. The molecule has 0 bridgehead atoms. The lowest BCUT2D eigenvalue weighted by atomic mass is 10.1. The summed E-state index contributed by atoms with van der Waals surface area (Å²) >= 11 is 0. The number of hydrogen-bond acceptors (Lipinski definition) is 4. The van der Waals surface area contributed by atoms with E-state index in [-0.39, 0.29) is 11.8 Å². The molecule has 0 unspecified atom stereocenters. The number of hydrogen-bond donors (Lipinski definition) is 0. The molecule has 2 fully saturated rings. The van der Waals surface area contributed by atoms with Crippen molar-refractivity contribution < 1.29 is 9.59 Å². The molecule has 1 aromatic heterocycles. The Labute approximate surface area is 149 Å². The molecule has 6 nitrogen and oxygen atoms in total. The fraction of sp³-hybridized carbons (Fsp3) is 0.632. The van der Waals surface area contributed by atoms with Gasteiger partial charge in [-0.2, -0.15) is 0 Å². The van der Waals surface area contributed by atoms with Crippen LogP contribution in [0.1, 0.15) is 42.2 Å². The van der Waals surface area contributed by atoms with Gasteiger partial charge < -0.3 is 9.80 Å². The van der Waals surface area contributed by atoms with Crippen LogP contribution >= 0.6 is 0 Å². The van der Waals surface area contributed by atoms with Gasteiger partial charge in [0.1, 0.15) is 5.69 Å². The Bertz CT molecular complexity index is 605. The number of amides is 2. The van der Waals surface area contributed by atoms with Crippen molar-refractivity contribution in [3.05, 3.63) is 29.6 Å². The van der Waals surface area contributed by atoms with Crippen LogP contribution < -0.4 is 0 Å². The van der Waals surface area contributed by atoms with Crippen LogP contribution in [0.15, 0.2) is 18.3 Å². The van der Waals surface area contributed by atoms with Gasteiger partial charge in [0, 0.05) is 45.5 Å². The third kappa shape index (κ3) is 4.57. The summed E-state index contributed by atoms with van der Waals surface area (Å²) in [4.78, 5) is 35.2. The molecule has 25 heavy (non-hydrogen) atoms. The van der Waals surface area contributed by atoms with Crippen molar-refractivity contribution >= 4 is 11.8 Å². The second-order valence-corrected chi connectivity index (χ2v) is 6.91. The van der Waals surface area contributed by atoms with Crippen LogP contribution in [-0.4, -0.2) is 77.3 Å². The Morgan fingerprint density at radius 2 is 1.72 bits per heavy atom. The summed E-state index contributed by atoms with van der Waals surface area (Å²) in [6.45, 7) is 7.16. The first-order chi connectivity index (χ1) is 12.2. The van der Waals surface area contributed by atoms with Crippen LogP contribution in [0.3, 0.4) is 0 Å². The second-order valence-electron chi connectivity index (χ2n) is 6.91. The molecular formula is C19H28N4O2. The van der Waals surface area contributed by atoms with Crippen molar-refractivity contribution in [3.8, 4) is 0 Å². The van der Waals surface area contributed by atoms with E-state index < -0.39 is 0 Å². The molecule has 2 amide bonds. The van der Waals surface area contributed by atoms with Crippen LogP contribution in [0.25, 0.3) is 0 Å². The highest BCUT2D eigenvalue weighted by molar-refractivity contribution is 5.92. The minimum absolute atomic E-state index is 0.00249. The monoisotopic (exact) mass is 344 g/mol. The average molecular weight is 344 g/mol. The second kappa shape index (κ2) is 8.43. The molecule has 6 heteroatoms. The number of carbonyl (C=O) groups excluding carboxylic acids is 2. The highest BCUT2D eigenvalue weighted by Crippen LogP contribution is 2.12. The maximum absolute atomic E-state index is 12.6. The molecule has 136 valence electrons. The zero-order valence-corrected chi connectivity index (χ0v) is 15.1. The van der Waals surface area contributed by atoms with Gasteiger partial charge in [0.15, 0.2) is 0 Å². The first-order valence-electron chi connectivity index (χ1n) is 9.41. The summed E-state index contributed by atoms with van der Waals surface area (Å²) in [5.74, 6) is 0.231. The summed E-state index contributed by atoms with van der Waals surface area (Å²) < 4.78 is 0. The van der Waals surface area contributed by atoms with Crippen molar-refractivity contribution in [1.29, 1.82) is 0 Å². The molecular weight excluding hydrogens is 316 g/mol. The van der Waals surface area contributed by atoms with Crippen LogP contribution in [0.2, 0.25) is 0 Å². The average Bonchev–Trinajstić information content (AvgIpc) is 2.68. The van der Waals surface area contributed by atoms with Crippen molar-refractivity contribution in [2.24, 2.45) is 0 Å². The predicted octanol–water partition coefficient (Wildman–Crippen LogP) is 1.41. The Balaban J connectivity index is 1.49. The SMILES string of the molecule is CCc1ccnc(C(=O)N2CCN(CC(=O)N3CCCCC3)CC2)c1. The molecule has 0 saturated carbocycles. The molecule has 0 aromatic carbocycles. The third-order valence-corrected chi connectivity index (χ3v) is 5.18. The molecule has 3 heterocycles. The number of likely N-dealkylation sites (tertiary alicyclic amines) is 1. The molecule has 2 saturated heterocycles. The molecule has 0 aliphatic carbocycles. The Morgan fingerprint density at radius 3 is 2.40 bits per heavy atom. The van der Waals surface area contributed by atoms with Crippen LogP contribution in [0.4, 0.5) is 0 Å². The Morgan fingerprint density at radius 1 is 1.00 bits per heavy atom. The van der Waals surface area contributed by atoms with Crippen molar-refractivity contribution in [2.45, 2.75) is 32.6 Å². The Hall–Kier alpha value is -1.95. The van der Waals surface area contributed by atoms with Gasteiger partial charge in [0.2, 0.25) is 5.91 Å². The summed E-state index contributed by atoms with van der Waals surface area (Å²) in [5.41, 5.74) is 1.65. The highest BCUT2D eigenvalue weighted by Gasteiger charge is 2.25. The normalized spacial score (nSPS) is 19.1. The topological polar surface area (TPSA) is 56.8 Å².